The topological polar surface area (TPSA) is 35.0 Å². The van der Waals surface area contributed by atoms with Crippen LogP contribution in [0.25, 0.3) is 0 Å². The van der Waals surface area contributed by atoms with Crippen LogP contribution in [0.2, 0.25) is 0 Å². The van der Waals surface area contributed by atoms with Crippen LogP contribution in [0, 0.1) is 6.92 Å². The summed E-state index contributed by atoms with van der Waals surface area (Å²) in [7, 11) is 0. The van der Waals surface area contributed by atoms with E-state index in [0.29, 0.717) is 5.88 Å². The number of nitrogens with zero attached hydrogens (tertiary/aromatic N) is 2. The molecule has 0 fully saturated rings. The van der Waals surface area contributed by atoms with Crippen molar-refractivity contribution in [1.29, 1.82) is 0 Å². The van der Waals surface area contributed by atoms with Gasteiger partial charge in [-0.3, -0.25) is 4.98 Å². The molecule has 3 heteroatoms. The Morgan fingerprint density at radius 1 is 1.19 bits per heavy atom. The van der Waals surface area contributed by atoms with Gasteiger partial charge in [-0.05, 0) is 31.4 Å². The summed E-state index contributed by atoms with van der Waals surface area (Å²) in [5.74, 6) is 1.55. The summed E-state index contributed by atoms with van der Waals surface area (Å²) in [5, 5.41) is 0. The van der Waals surface area contributed by atoms with E-state index in [9.17, 15) is 0 Å². The Hall–Kier alpha value is -1.90. The quantitative estimate of drug-likeness (QED) is 0.673. The molecule has 2 heterocycles. The molecule has 0 amide bonds. The molecule has 0 saturated carbocycles. The number of para-hydroxylation sites is 1. The van der Waals surface area contributed by atoms with Crippen molar-refractivity contribution in [1.82, 2.24) is 9.97 Å². The van der Waals surface area contributed by atoms with Crippen molar-refractivity contribution in [2.45, 2.75) is 19.8 Å². The van der Waals surface area contributed by atoms with Crippen LogP contribution in [0.5, 0.6) is 11.6 Å². The Labute approximate surface area is 94.1 Å². The fourth-order valence-electron chi connectivity index (χ4n) is 1.93. The van der Waals surface area contributed by atoms with Crippen LogP contribution in [0.4, 0.5) is 0 Å². The van der Waals surface area contributed by atoms with Gasteiger partial charge >= 0.3 is 0 Å². The molecule has 1 aromatic heterocycles. The van der Waals surface area contributed by atoms with Gasteiger partial charge in [0.1, 0.15) is 11.4 Å². The molecule has 2 aromatic rings. The van der Waals surface area contributed by atoms with E-state index in [-0.39, 0.29) is 0 Å². The second-order valence-corrected chi connectivity index (χ2v) is 3.97. The Bertz CT molecular complexity index is 537. The molecule has 0 aliphatic carbocycles. The van der Waals surface area contributed by atoms with Crippen molar-refractivity contribution in [3.8, 4) is 11.6 Å². The van der Waals surface area contributed by atoms with Crippen LogP contribution in [-0.4, -0.2) is 9.97 Å². The zero-order chi connectivity index (χ0) is 11.0. The molecule has 1 aromatic carbocycles. The number of hydrogen-bond acceptors (Lipinski definition) is 3. The number of aromatic nitrogens is 2. The molecule has 0 saturated heterocycles. The van der Waals surface area contributed by atoms with E-state index >= 15 is 0 Å². The number of rotatable bonds is 0. The monoisotopic (exact) mass is 212 g/mol. The van der Waals surface area contributed by atoms with E-state index in [1.807, 2.05) is 25.1 Å². The Morgan fingerprint density at radius 3 is 3.00 bits per heavy atom. The minimum absolute atomic E-state index is 0.649. The van der Waals surface area contributed by atoms with Gasteiger partial charge in [-0.1, -0.05) is 18.2 Å². The maximum absolute atomic E-state index is 5.78. The summed E-state index contributed by atoms with van der Waals surface area (Å²) < 4.78 is 5.78. The van der Waals surface area contributed by atoms with Crippen molar-refractivity contribution < 1.29 is 4.74 Å². The van der Waals surface area contributed by atoms with Crippen LogP contribution < -0.4 is 4.74 Å². The molecule has 0 spiro atoms. The lowest BCUT2D eigenvalue weighted by Gasteiger charge is -2.06. The summed E-state index contributed by atoms with van der Waals surface area (Å²) in [4.78, 5) is 8.76. The first-order valence-electron chi connectivity index (χ1n) is 5.41. The number of fused-ring (bicyclic) bond motifs is 2. The van der Waals surface area contributed by atoms with E-state index in [0.717, 1.165) is 30.0 Å². The van der Waals surface area contributed by atoms with Crippen LogP contribution in [0.3, 0.4) is 0 Å². The zero-order valence-electron chi connectivity index (χ0n) is 9.10. The minimum atomic E-state index is 0.649. The van der Waals surface area contributed by atoms with Gasteiger partial charge in [0.05, 0.1) is 11.9 Å². The Kier molecular flexibility index (Phi) is 2.10. The molecule has 80 valence electrons. The lowest BCUT2D eigenvalue weighted by atomic mass is 10.1. The Morgan fingerprint density at radius 2 is 2.06 bits per heavy atom. The lowest BCUT2D eigenvalue weighted by Crippen LogP contribution is -1.97. The first kappa shape index (κ1) is 9.33. The molecule has 0 radical (unpaired) electrons. The highest BCUT2D eigenvalue weighted by Gasteiger charge is 2.16. The average Bonchev–Trinajstić information content (AvgIpc) is 2.48. The zero-order valence-corrected chi connectivity index (χ0v) is 9.10. The van der Waals surface area contributed by atoms with Crippen LogP contribution in [0.1, 0.15) is 17.0 Å². The molecule has 0 bridgehead atoms. The highest BCUT2D eigenvalue weighted by atomic mass is 16.5. The van der Waals surface area contributed by atoms with E-state index in [4.69, 9.17) is 4.74 Å². The summed E-state index contributed by atoms with van der Waals surface area (Å²) in [5.41, 5.74) is 3.12. The van der Waals surface area contributed by atoms with Gasteiger partial charge in [0.2, 0.25) is 5.88 Å². The third-order valence-electron chi connectivity index (χ3n) is 2.74. The molecule has 1 aliphatic heterocycles. The number of hydrogen-bond donors (Lipinski definition) is 0. The molecule has 3 rings (SSSR count). The second-order valence-electron chi connectivity index (χ2n) is 3.97. The minimum Gasteiger partial charge on any atom is -0.437 e. The predicted octanol–water partition coefficient (Wildman–Crippen LogP) is 2.68. The van der Waals surface area contributed by atoms with Gasteiger partial charge in [-0.2, -0.15) is 0 Å². The van der Waals surface area contributed by atoms with Crippen LogP contribution in [0.15, 0.2) is 30.5 Å². The highest BCUT2D eigenvalue weighted by molar-refractivity contribution is 5.40. The molecular formula is C13H12N2O. The molecule has 0 unspecified atom stereocenters. The standard InChI is InChI=1S/C13H12N2O/c1-9-8-14-13-11(15-9)7-6-10-4-2-3-5-12(10)16-13/h2-5,8H,6-7H2,1H3. The van der Waals surface area contributed by atoms with Crippen molar-refractivity contribution in [2.75, 3.05) is 0 Å². The number of ether oxygens (including phenoxy) is 1. The van der Waals surface area contributed by atoms with Crippen molar-refractivity contribution in [2.24, 2.45) is 0 Å². The SMILES string of the molecule is Cc1cnc2c(n1)CCc1ccccc1O2. The number of benzene rings is 1. The smallest absolute Gasteiger partial charge is 0.241 e. The van der Waals surface area contributed by atoms with Crippen LogP contribution >= 0.6 is 0 Å². The third-order valence-corrected chi connectivity index (χ3v) is 2.74. The van der Waals surface area contributed by atoms with Gasteiger partial charge in [-0.25, -0.2) is 4.98 Å². The van der Waals surface area contributed by atoms with Crippen molar-refractivity contribution in [3.05, 3.63) is 47.4 Å². The predicted molar refractivity (Wildman–Crippen MR) is 60.7 cm³/mol. The van der Waals surface area contributed by atoms with Gasteiger partial charge in [-0.15, -0.1) is 0 Å². The summed E-state index contributed by atoms with van der Waals surface area (Å²) >= 11 is 0. The maximum atomic E-state index is 5.78. The summed E-state index contributed by atoms with van der Waals surface area (Å²) in [6.45, 7) is 1.95. The van der Waals surface area contributed by atoms with E-state index in [1.165, 1.54) is 5.56 Å². The molecular weight excluding hydrogens is 200 g/mol. The Balaban J connectivity index is 2.08. The third kappa shape index (κ3) is 1.54. The molecule has 3 nitrogen and oxygen atoms in total. The van der Waals surface area contributed by atoms with Gasteiger partial charge < -0.3 is 4.74 Å². The fourth-order valence-corrected chi connectivity index (χ4v) is 1.93. The second kappa shape index (κ2) is 3.59. The van der Waals surface area contributed by atoms with Crippen molar-refractivity contribution in [3.63, 3.8) is 0 Å². The first-order valence-corrected chi connectivity index (χ1v) is 5.41. The maximum Gasteiger partial charge on any atom is 0.241 e. The summed E-state index contributed by atoms with van der Waals surface area (Å²) in [6.07, 6.45) is 3.59. The van der Waals surface area contributed by atoms with E-state index < -0.39 is 0 Å². The van der Waals surface area contributed by atoms with Gasteiger partial charge in [0.15, 0.2) is 0 Å². The largest absolute Gasteiger partial charge is 0.437 e. The molecule has 1 aliphatic rings. The fraction of sp³-hybridized carbons (Fsp3) is 0.231. The van der Waals surface area contributed by atoms with Gasteiger partial charge in [0.25, 0.3) is 0 Å². The highest BCUT2D eigenvalue weighted by Crippen LogP contribution is 2.30. The lowest BCUT2D eigenvalue weighted by molar-refractivity contribution is 0.455. The van der Waals surface area contributed by atoms with E-state index in [2.05, 4.69) is 16.0 Å². The first-order chi connectivity index (χ1) is 7.83. The molecule has 0 N–H and O–H groups in total. The number of aryl methyl sites for hydroxylation is 3. The van der Waals surface area contributed by atoms with Crippen molar-refractivity contribution >= 4 is 0 Å². The normalized spacial score (nSPS) is 13.3. The average molecular weight is 212 g/mol. The summed E-state index contributed by atoms with van der Waals surface area (Å²) in [6, 6.07) is 8.08. The van der Waals surface area contributed by atoms with Crippen LogP contribution in [-0.2, 0) is 12.8 Å². The van der Waals surface area contributed by atoms with E-state index in [1.54, 1.807) is 6.20 Å². The molecule has 0 atom stereocenters. The van der Waals surface area contributed by atoms with Gasteiger partial charge in [0, 0.05) is 0 Å². The molecule has 16 heavy (non-hydrogen) atoms.